The Morgan fingerprint density at radius 3 is 2.39 bits per heavy atom. The average Bonchev–Trinajstić information content (AvgIpc) is 2.26. The molecule has 0 amide bonds. The fourth-order valence-electron chi connectivity index (χ4n) is 1.29. The molecule has 0 aliphatic carbocycles. The summed E-state index contributed by atoms with van der Waals surface area (Å²) in [5.74, 6) is -0.936. The van der Waals surface area contributed by atoms with Crippen molar-refractivity contribution >= 4 is 6.08 Å². The SMILES string of the molecule is C=Cc1ccccc1OC(C)(C)OCC(F)(F)F. The maximum absolute atomic E-state index is 12.1. The summed E-state index contributed by atoms with van der Waals surface area (Å²) in [6, 6.07) is 6.91. The zero-order valence-electron chi connectivity index (χ0n) is 10.3. The fraction of sp³-hybridized carbons (Fsp3) is 0.385. The zero-order valence-corrected chi connectivity index (χ0v) is 10.3. The van der Waals surface area contributed by atoms with Crippen LogP contribution in [0.5, 0.6) is 5.75 Å². The summed E-state index contributed by atoms with van der Waals surface area (Å²) in [7, 11) is 0. The normalized spacial score (nSPS) is 12.3. The highest BCUT2D eigenvalue weighted by Crippen LogP contribution is 2.26. The Morgan fingerprint density at radius 1 is 1.22 bits per heavy atom. The molecular weight excluding hydrogens is 245 g/mol. The van der Waals surface area contributed by atoms with Crippen LogP contribution in [0.1, 0.15) is 19.4 Å². The molecule has 0 aliphatic rings. The Morgan fingerprint density at radius 2 is 1.83 bits per heavy atom. The van der Waals surface area contributed by atoms with Gasteiger partial charge >= 0.3 is 6.18 Å². The predicted octanol–water partition coefficient (Wildman–Crippen LogP) is 4.02. The predicted molar refractivity (Wildman–Crippen MR) is 63.2 cm³/mol. The van der Waals surface area contributed by atoms with Crippen LogP contribution < -0.4 is 4.74 Å². The molecule has 0 radical (unpaired) electrons. The van der Waals surface area contributed by atoms with Crippen molar-refractivity contribution in [3.8, 4) is 5.75 Å². The molecule has 1 rings (SSSR count). The van der Waals surface area contributed by atoms with Gasteiger partial charge in [0.2, 0.25) is 5.79 Å². The van der Waals surface area contributed by atoms with Crippen LogP contribution in [0.25, 0.3) is 6.08 Å². The van der Waals surface area contributed by atoms with Crippen LogP contribution in [0.2, 0.25) is 0 Å². The molecule has 0 aromatic heterocycles. The summed E-state index contributed by atoms with van der Waals surface area (Å²) < 4.78 is 46.4. The van der Waals surface area contributed by atoms with Gasteiger partial charge in [-0.05, 0) is 6.07 Å². The van der Waals surface area contributed by atoms with Crippen molar-refractivity contribution in [2.24, 2.45) is 0 Å². The number of hydrogen-bond donors (Lipinski definition) is 0. The van der Waals surface area contributed by atoms with E-state index in [-0.39, 0.29) is 0 Å². The fourth-order valence-corrected chi connectivity index (χ4v) is 1.29. The van der Waals surface area contributed by atoms with Gasteiger partial charge in [-0.3, -0.25) is 0 Å². The van der Waals surface area contributed by atoms with Gasteiger partial charge in [0.15, 0.2) is 0 Å². The largest absolute Gasteiger partial charge is 0.462 e. The molecule has 0 atom stereocenters. The van der Waals surface area contributed by atoms with Gasteiger partial charge in [0.25, 0.3) is 0 Å². The Bertz CT molecular complexity index is 411. The van der Waals surface area contributed by atoms with Crippen molar-refractivity contribution in [1.29, 1.82) is 0 Å². The summed E-state index contributed by atoms with van der Waals surface area (Å²) in [6.07, 6.45) is -2.81. The van der Waals surface area contributed by atoms with Crippen molar-refractivity contribution < 1.29 is 22.6 Å². The van der Waals surface area contributed by atoms with Crippen LogP contribution >= 0.6 is 0 Å². The van der Waals surface area contributed by atoms with Crippen molar-refractivity contribution in [3.05, 3.63) is 36.4 Å². The van der Waals surface area contributed by atoms with E-state index in [0.717, 1.165) is 0 Å². The first kappa shape index (κ1) is 14.6. The minimum Gasteiger partial charge on any atom is -0.462 e. The molecule has 0 aliphatic heterocycles. The lowest BCUT2D eigenvalue weighted by molar-refractivity contribution is -0.241. The van der Waals surface area contributed by atoms with E-state index in [0.29, 0.717) is 11.3 Å². The first-order valence-corrected chi connectivity index (χ1v) is 5.35. The highest BCUT2D eigenvalue weighted by Gasteiger charge is 2.33. The molecule has 18 heavy (non-hydrogen) atoms. The molecule has 5 heteroatoms. The van der Waals surface area contributed by atoms with E-state index >= 15 is 0 Å². The van der Waals surface area contributed by atoms with Crippen molar-refractivity contribution in [2.75, 3.05) is 6.61 Å². The van der Waals surface area contributed by atoms with Gasteiger partial charge in [-0.1, -0.05) is 30.9 Å². The molecule has 0 spiro atoms. The first-order valence-electron chi connectivity index (χ1n) is 5.35. The summed E-state index contributed by atoms with van der Waals surface area (Å²) in [5.41, 5.74) is 0.696. The minimum atomic E-state index is -4.38. The smallest absolute Gasteiger partial charge is 0.411 e. The molecule has 100 valence electrons. The summed E-state index contributed by atoms with van der Waals surface area (Å²) in [6.45, 7) is 5.11. The number of halogens is 3. The second-order valence-corrected chi connectivity index (χ2v) is 4.15. The third-order valence-corrected chi connectivity index (χ3v) is 2.08. The van der Waals surface area contributed by atoms with E-state index in [2.05, 4.69) is 6.58 Å². The second kappa shape index (κ2) is 5.44. The number of rotatable bonds is 5. The van der Waals surface area contributed by atoms with Crippen LogP contribution in [-0.2, 0) is 4.74 Å². The Kier molecular flexibility index (Phi) is 4.40. The zero-order chi connectivity index (χ0) is 13.8. The summed E-state index contributed by atoms with van der Waals surface area (Å²) >= 11 is 0. The summed E-state index contributed by atoms with van der Waals surface area (Å²) in [4.78, 5) is 0. The van der Waals surface area contributed by atoms with Gasteiger partial charge in [-0.25, -0.2) is 0 Å². The standard InChI is InChI=1S/C13H15F3O2/c1-4-10-7-5-6-8-11(10)18-12(2,3)17-9-13(14,15)16/h4-8H,1,9H2,2-3H3. The lowest BCUT2D eigenvalue weighted by atomic mass is 10.2. The molecule has 0 heterocycles. The lowest BCUT2D eigenvalue weighted by Crippen LogP contribution is -2.36. The van der Waals surface area contributed by atoms with Crippen molar-refractivity contribution in [3.63, 3.8) is 0 Å². The first-order chi connectivity index (χ1) is 8.23. The second-order valence-electron chi connectivity index (χ2n) is 4.15. The maximum Gasteiger partial charge on any atom is 0.411 e. The lowest BCUT2D eigenvalue weighted by Gasteiger charge is -2.27. The van der Waals surface area contributed by atoms with Crippen LogP contribution in [0.3, 0.4) is 0 Å². The van der Waals surface area contributed by atoms with Gasteiger partial charge in [0.1, 0.15) is 12.4 Å². The molecular formula is C13H15F3O2. The number of hydrogen-bond acceptors (Lipinski definition) is 2. The van der Waals surface area contributed by atoms with Crippen LogP contribution in [0.4, 0.5) is 13.2 Å². The quantitative estimate of drug-likeness (QED) is 0.744. The molecule has 0 N–H and O–H groups in total. The minimum absolute atomic E-state index is 0.430. The van der Waals surface area contributed by atoms with E-state index in [1.807, 2.05) is 0 Å². The van der Waals surface area contributed by atoms with Crippen LogP contribution in [-0.4, -0.2) is 18.6 Å². The molecule has 0 fully saturated rings. The highest BCUT2D eigenvalue weighted by molar-refractivity contribution is 5.55. The molecule has 1 aromatic rings. The molecule has 0 saturated heterocycles. The molecule has 0 unspecified atom stereocenters. The van der Waals surface area contributed by atoms with Gasteiger partial charge < -0.3 is 9.47 Å². The highest BCUT2D eigenvalue weighted by atomic mass is 19.4. The van der Waals surface area contributed by atoms with E-state index in [4.69, 9.17) is 9.47 Å². The number of ether oxygens (including phenoxy) is 2. The summed E-state index contributed by atoms with van der Waals surface area (Å²) in [5, 5.41) is 0. The van der Waals surface area contributed by atoms with Crippen molar-refractivity contribution in [2.45, 2.75) is 25.8 Å². The topological polar surface area (TPSA) is 18.5 Å². The monoisotopic (exact) mass is 260 g/mol. The van der Waals surface area contributed by atoms with Crippen LogP contribution in [0.15, 0.2) is 30.8 Å². The maximum atomic E-state index is 12.1. The Balaban J connectivity index is 2.73. The molecule has 0 bridgehead atoms. The molecule has 1 aromatic carbocycles. The van der Waals surface area contributed by atoms with Gasteiger partial charge in [0, 0.05) is 19.4 Å². The third kappa shape index (κ3) is 4.79. The van der Waals surface area contributed by atoms with E-state index in [1.54, 1.807) is 30.3 Å². The van der Waals surface area contributed by atoms with Crippen molar-refractivity contribution in [1.82, 2.24) is 0 Å². The average molecular weight is 260 g/mol. The number of benzene rings is 1. The Labute approximate surface area is 104 Å². The van der Waals surface area contributed by atoms with Gasteiger partial charge in [-0.2, -0.15) is 13.2 Å². The molecule has 2 nitrogen and oxygen atoms in total. The van der Waals surface area contributed by atoms with E-state index in [9.17, 15) is 13.2 Å². The van der Waals surface area contributed by atoms with Crippen LogP contribution in [0, 0.1) is 0 Å². The third-order valence-electron chi connectivity index (χ3n) is 2.08. The number of alkyl halides is 3. The van der Waals surface area contributed by atoms with Gasteiger partial charge in [0.05, 0.1) is 0 Å². The van der Waals surface area contributed by atoms with Gasteiger partial charge in [-0.15, -0.1) is 0 Å². The number of para-hydroxylation sites is 1. The van der Waals surface area contributed by atoms with E-state index < -0.39 is 18.6 Å². The molecule has 0 saturated carbocycles. The Hall–Kier alpha value is -1.49. The van der Waals surface area contributed by atoms with E-state index in [1.165, 1.54) is 13.8 Å².